The summed E-state index contributed by atoms with van der Waals surface area (Å²) in [5.41, 5.74) is 14.2. The highest BCUT2D eigenvalue weighted by Gasteiger charge is 2.21. The topological polar surface area (TPSA) is 64.7 Å². The van der Waals surface area contributed by atoms with Gasteiger partial charge in [-0.25, -0.2) is 9.97 Å². The minimum atomic E-state index is 0.790. The molecule has 0 aliphatic rings. The minimum absolute atomic E-state index is 0.790. The fraction of sp³-hybridized carbons (Fsp3) is 0. The lowest BCUT2D eigenvalue weighted by molar-refractivity contribution is 0.669. The van der Waals surface area contributed by atoms with Gasteiger partial charge >= 0.3 is 0 Å². The van der Waals surface area contributed by atoms with Crippen LogP contribution in [0.3, 0.4) is 0 Å². The first kappa shape index (κ1) is 34.3. The Bertz CT molecular complexity index is 3540. The number of furan rings is 1. The molecule has 0 radical (unpaired) electrons. The Morgan fingerprint density at radius 3 is 1.80 bits per heavy atom. The Kier molecular flexibility index (Phi) is 7.96. The monoisotopic (exact) mass is 784 g/mol. The standard InChI is InChI=1S/C54H32N4OS/c1-3-19-48-41(14-1)52-51-39(37-25-26-50-42(30-37)40-13-2-4-20-49(40)60-50)15-10-18-45(51)58-53(54(52)59-48)34-23-21-33(22-24-34)35-11-9-12-36(29-35)38-31-46(43-16-5-7-27-55-43)57-47(32-38)44-17-6-8-28-56-44/h1-32H. The second kappa shape index (κ2) is 13.9. The van der Waals surface area contributed by atoms with Crippen LogP contribution in [-0.2, 0) is 0 Å². The van der Waals surface area contributed by atoms with Crippen molar-refractivity contribution >= 4 is 64.4 Å². The number of hydrogen-bond donors (Lipinski definition) is 0. The summed E-state index contributed by atoms with van der Waals surface area (Å²) >= 11 is 1.84. The molecule has 0 bridgehead atoms. The molecular formula is C54H32N4OS. The summed E-state index contributed by atoms with van der Waals surface area (Å²) in [4.78, 5) is 19.6. The van der Waals surface area contributed by atoms with Gasteiger partial charge in [-0.3, -0.25) is 9.97 Å². The first-order valence-corrected chi connectivity index (χ1v) is 20.8. The number of para-hydroxylation sites is 1. The Morgan fingerprint density at radius 1 is 0.383 bits per heavy atom. The Hall–Kier alpha value is -7.80. The molecule has 0 saturated heterocycles. The third-order valence-electron chi connectivity index (χ3n) is 11.4. The smallest absolute Gasteiger partial charge is 0.162 e. The maximum Gasteiger partial charge on any atom is 0.162 e. The molecule has 0 N–H and O–H groups in total. The van der Waals surface area contributed by atoms with Gasteiger partial charge in [-0.05, 0) is 106 Å². The molecule has 0 unspecified atom stereocenters. The Labute approximate surface area is 348 Å². The van der Waals surface area contributed by atoms with Gasteiger partial charge in [0, 0.05) is 54.3 Å². The number of fused-ring (bicyclic) bond motifs is 8. The highest BCUT2D eigenvalue weighted by atomic mass is 32.1. The van der Waals surface area contributed by atoms with Crippen molar-refractivity contribution in [3.05, 3.63) is 194 Å². The molecule has 0 aliphatic carbocycles. The fourth-order valence-electron chi connectivity index (χ4n) is 8.54. The first-order chi connectivity index (χ1) is 29.7. The highest BCUT2D eigenvalue weighted by molar-refractivity contribution is 7.25. The molecule has 12 aromatic rings. The SMILES string of the molecule is c1ccc(-c2cc(-c3cccc(-c4ccc(-c5nc6cccc(-c7ccc8sc9ccccc9c8c7)c6c6c5oc5ccccc56)cc4)c3)cc(-c3ccccn3)n2)nc1. The van der Waals surface area contributed by atoms with Crippen molar-refractivity contribution in [1.82, 2.24) is 19.9 Å². The quantitative estimate of drug-likeness (QED) is 0.168. The zero-order valence-corrected chi connectivity index (χ0v) is 32.9. The summed E-state index contributed by atoms with van der Waals surface area (Å²) in [5.74, 6) is 0. The molecule has 0 spiro atoms. The van der Waals surface area contributed by atoms with Crippen LogP contribution in [0.4, 0.5) is 0 Å². The van der Waals surface area contributed by atoms with Crippen molar-refractivity contribution in [2.24, 2.45) is 0 Å². The van der Waals surface area contributed by atoms with Gasteiger partial charge in [-0.1, -0.05) is 109 Å². The normalized spacial score (nSPS) is 11.7. The molecule has 0 atom stereocenters. The van der Waals surface area contributed by atoms with Crippen LogP contribution in [0.5, 0.6) is 0 Å². The fourth-order valence-corrected chi connectivity index (χ4v) is 9.63. The summed E-state index contributed by atoms with van der Waals surface area (Å²) in [7, 11) is 0. The second-order valence-electron chi connectivity index (χ2n) is 15.0. The Morgan fingerprint density at radius 2 is 1.03 bits per heavy atom. The van der Waals surface area contributed by atoms with Crippen LogP contribution in [-0.4, -0.2) is 19.9 Å². The molecule has 0 saturated carbocycles. The summed E-state index contributed by atoms with van der Waals surface area (Å²) in [5, 5.41) is 5.83. The molecule has 60 heavy (non-hydrogen) atoms. The highest BCUT2D eigenvalue weighted by Crippen LogP contribution is 2.44. The third-order valence-corrected chi connectivity index (χ3v) is 12.5. The molecule has 5 nitrogen and oxygen atoms in total. The van der Waals surface area contributed by atoms with Crippen molar-refractivity contribution in [2.75, 3.05) is 0 Å². The van der Waals surface area contributed by atoms with E-state index in [2.05, 4.69) is 149 Å². The molecule has 6 heteroatoms. The zero-order valence-electron chi connectivity index (χ0n) is 32.1. The van der Waals surface area contributed by atoms with Gasteiger partial charge in [0.25, 0.3) is 0 Å². The van der Waals surface area contributed by atoms with E-state index in [4.69, 9.17) is 14.4 Å². The van der Waals surface area contributed by atoms with Crippen LogP contribution < -0.4 is 0 Å². The lowest BCUT2D eigenvalue weighted by Gasteiger charge is -2.12. The maximum absolute atomic E-state index is 6.74. The van der Waals surface area contributed by atoms with Gasteiger partial charge in [-0.2, -0.15) is 0 Å². The summed E-state index contributed by atoms with van der Waals surface area (Å²) in [6.45, 7) is 0. The van der Waals surface area contributed by atoms with Gasteiger partial charge < -0.3 is 4.42 Å². The average Bonchev–Trinajstić information content (AvgIpc) is 3.90. The molecule has 6 aromatic carbocycles. The van der Waals surface area contributed by atoms with Crippen molar-refractivity contribution in [1.29, 1.82) is 0 Å². The van der Waals surface area contributed by atoms with Crippen LogP contribution in [0.25, 0.3) is 120 Å². The van der Waals surface area contributed by atoms with E-state index < -0.39 is 0 Å². The third kappa shape index (κ3) is 5.76. The maximum atomic E-state index is 6.74. The average molecular weight is 785 g/mol. The van der Waals surface area contributed by atoms with Gasteiger partial charge in [0.1, 0.15) is 11.3 Å². The number of pyridine rings is 4. The molecular weight excluding hydrogens is 753 g/mol. The van der Waals surface area contributed by atoms with Crippen molar-refractivity contribution in [3.63, 3.8) is 0 Å². The Balaban J connectivity index is 0.961. The molecule has 12 rings (SSSR count). The van der Waals surface area contributed by atoms with Crippen LogP contribution in [0, 0.1) is 0 Å². The van der Waals surface area contributed by atoms with Gasteiger partial charge in [0.15, 0.2) is 5.58 Å². The number of benzene rings is 6. The predicted molar refractivity (Wildman–Crippen MR) is 248 cm³/mol. The van der Waals surface area contributed by atoms with Crippen LogP contribution in [0.2, 0.25) is 0 Å². The molecule has 6 heterocycles. The van der Waals surface area contributed by atoms with E-state index in [1.165, 1.54) is 20.2 Å². The lowest BCUT2D eigenvalue weighted by atomic mass is 9.94. The second-order valence-corrected chi connectivity index (χ2v) is 16.1. The minimum Gasteiger partial charge on any atom is -0.454 e. The van der Waals surface area contributed by atoms with E-state index in [9.17, 15) is 0 Å². The number of aromatic nitrogens is 4. The number of nitrogens with zero attached hydrogens (tertiary/aromatic N) is 4. The number of thiophene rings is 1. The van der Waals surface area contributed by atoms with E-state index >= 15 is 0 Å². The molecule has 280 valence electrons. The van der Waals surface area contributed by atoms with Crippen LogP contribution in [0.1, 0.15) is 0 Å². The van der Waals surface area contributed by atoms with E-state index in [1.807, 2.05) is 53.8 Å². The van der Waals surface area contributed by atoms with E-state index in [-0.39, 0.29) is 0 Å². The van der Waals surface area contributed by atoms with E-state index in [1.54, 1.807) is 12.4 Å². The number of rotatable bonds is 6. The summed E-state index contributed by atoms with van der Waals surface area (Å²) in [6.07, 6.45) is 3.60. The van der Waals surface area contributed by atoms with Crippen LogP contribution >= 0.6 is 11.3 Å². The lowest BCUT2D eigenvalue weighted by Crippen LogP contribution is -1.94. The molecule has 0 aliphatic heterocycles. The molecule has 0 amide bonds. The zero-order chi connectivity index (χ0) is 39.6. The summed E-state index contributed by atoms with van der Waals surface area (Å²) in [6, 6.07) is 63.6. The van der Waals surface area contributed by atoms with Crippen LogP contribution in [0.15, 0.2) is 199 Å². The molecule has 0 fully saturated rings. The number of hydrogen-bond acceptors (Lipinski definition) is 6. The summed E-state index contributed by atoms with van der Waals surface area (Å²) < 4.78 is 9.33. The van der Waals surface area contributed by atoms with E-state index in [0.717, 1.165) is 100 Å². The van der Waals surface area contributed by atoms with E-state index in [0.29, 0.717) is 0 Å². The van der Waals surface area contributed by atoms with Crippen molar-refractivity contribution in [2.45, 2.75) is 0 Å². The first-order valence-electron chi connectivity index (χ1n) is 19.9. The predicted octanol–water partition coefficient (Wildman–Crippen LogP) is 14.7. The van der Waals surface area contributed by atoms with Crippen molar-refractivity contribution in [3.8, 4) is 67.4 Å². The van der Waals surface area contributed by atoms with Gasteiger partial charge in [-0.15, -0.1) is 11.3 Å². The molecule has 6 aromatic heterocycles. The largest absolute Gasteiger partial charge is 0.454 e. The van der Waals surface area contributed by atoms with Gasteiger partial charge in [0.2, 0.25) is 0 Å². The van der Waals surface area contributed by atoms with Crippen molar-refractivity contribution < 1.29 is 4.42 Å². The van der Waals surface area contributed by atoms with Gasteiger partial charge in [0.05, 0.1) is 28.3 Å².